The third kappa shape index (κ3) is 3.53. The van der Waals surface area contributed by atoms with Crippen molar-refractivity contribution in [2.75, 3.05) is 10.5 Å². The molecule has 7 nitrogen and oxygen atoms in total. The van der Waals surface area contributed by atoms with Gasteiger partial charge in [-0.3, -0.25) is 9.40 Å². The van der Waals surface area contributed by atoms with Gasteiger partial charge < -0.3 is 5.73 Å². The quantitative estimate of drug-likeness (QED) is 0.781. The highest BCUT2D eigenvalue weighted by Gasteiger charge is 2.22. The van der Waals surface area contributed by atoms with Gasteiger partial charge in [0, 0.05) is 12.7 Å². The minimum Gasteiger partial charge on any atom is -0.381 e. The number of pyridine rings is 1. The molecule has 114 valence electrons. The summed E-state index contributed by atoms with van der Waals surface area (Å²) in [6, 6.07) is 3.30. The Labute approximate surface area is 131 Å². The van der Waals surface area contributed by atoms with Crippen molar-refractivity contribution in [2.45, 2.75) is 31.7 Å². The van der Waals surface area contributed by atoms with Gasteiger partial charge in [-0.1, -0.05) is 6.92 Å². The number of anilines is 2. The largest absolute Gasteiger partial charge is 0.381 e. The maximum absolute atomic E-state index is 12.4. The molecule has 0 saturated carbocycles. The number of aryl methyl sites for hydroxylation is 2. The van der Waals surface area contributed by atoms with E-state index in [4.69, 9.17) is 5.73 Å². The molecule has 2 aromatic heterocycles. The zero-order valence-electron chi connectivity index (χ0n) is 11.7. The molecule has 0 aliphatic heterocycles. The third-order valence-corrected chi connectivity index (χ3v) is 4.62. The third-order valence-electron chi connectivity index (χ3n) is 2.79. The lowest BCUT2D eigenvalue weighted by Crippen LogP contribution is -2.15. The second kappa shape index (κ2) is 6.02. The van der Waals surface area contributed by atoms with Crippen molar-refractivity contribution in [3.63, 3.8) is 0 Å². The average Bonchev–Trinajstić information content (AvgIpc) is 2.75. The predicted molar refractivity (Wildman–Crippen MR) is 84.4 cm³/mol. The molecule has 0 amide bonds. The summed E-state index contributed by atoms with van der Waals surface area (Å²) in [6.07, 6.45) is 2.27. The van der Waals surface area contributed by atoms with Gasteiger partial charge in [0.1, 0.15) is 9.50 Å². The van der Waals surface area contributed by atoms with Gasteiger partial charge in [0.15, 0.2) is 5.82 Å². The Morgan fingerprint density at radius 2 is 2.14 bits per heavy atom. The van der Waals surface area contributed by atoms with E-state index in [0.717, 1.165) is 6.42 Å². The Kier molecular flexibility index (Phi) is 4.52. The van der Waals surface area contributed by atoms with Gasteiger partial charge >= 0.3 is 0 Å². The van der Waals surface area contributed by atoms with Crippen LogP contribution in [-0.2, 0) is 16.6 Å². The Hall–Kier alpha value is -1.61. The lowest BCUT2D eigenvalue weighted by molar-refractivity contribution is 0.595. The molecule has 2 aromatic rings. The summed E-state index contributed by atoms with van der Waals surface area (Å²) in [5.41, 5.74) is 6.67. The first kappa shape index (κ1) is 15.8. The smallest absolute Gasteiger partial charge is 0.267 e. The van der Waals surface area contributed by atoms with E-state index < -0.39 is 10.0 Å². The van der Waals surface area contributed by atoms with Gasteiger partial charge in [-0.05, 0) is 41.4 Å². The fraction of sp³-hybridized carbons (Fsp3) is 0.333. The predicted octanol–water partition coefficient (Wildman–Crippen LogP) is 2.14. The van der Waals surface area contributed by atoms with Gasteiger partial charge in [-0.2, -0.15) is 5.10 Å². The SMILES string of the molecule is CCCn1cc(S(=O)(=O)Nc2ccc(Br)nc2C)c(N)n1. The molecule has 2 heterocycles. The average molecular weight is 374 g/mol. The first-order valence-electron chi connectivity index (χ1n) is 6.32. The fourth-order valence-electron chi connectivity index (χ4n) is 1.81. The van der Waals surface area contributed by atoms with Crippen molar-refractivity contribution in [1.82, 2.24) is 14.8 Å². The van der Waals surface area contributed by atoms with Crippen molar-refractivity contribution in [2.24, 2.45) is 0 Å². The maximum atomic E-state index is 12.4. The van der Waals surface area contributed by atoms with Crippen LogP contribution in [0.4, 0.5) is 11.5 Å². The Morgan fingerprint density at radius 3 is 2.76 bits per heavy atom. The highest BCUT2D eigenvalue weighted by Crippen LogP contribution is 2.23. The summed E-state index contributed by atoms with van der Waals surface area (Å²) >= 11 is 3.23. The zero-order valence-corrected chi connectivity index (χ0v) is 14.1. The molecule has 3 N–H and O–H groups in total. The fourth-order valence-corrected chi connectivity index (χ4v) is 3.40. The summed E-state index contributed by atoms with van der Waals surface area (Å²) < 4.78 is 29.4. The lowest BCUT2D eigenvalue weighted by atomic mass is 10.3. The lowest BCUT2D eigenvalue weighted by Gasteiger charge is -2.09. The number of hydrogen-bond donors (Lipinski definition) is 2. The van der Waals surface area contributed by atoms with Crippen LogP contribution in [0.25, 0.3) is 0 Å². The zero-order chi connectivity index (χ0) is 15.6. The molecule has 2 rings (SSSR count). The van der Waals surface area contributed by atoms with E-state index in [1.165, 1.54) is 10.9 Å². The van der Waals surface area contributed by atoms with E-state index in [2.05, 4.69) is 30.7 Å². The van der Waals surface area contributed by atoms with E-state index in [0.29, 0.717) is 22.5 Å². The molecular formula is C12H16BrN5O2S. The molecule has 0 radical (unpaired) electrons. The van der Waals surface area contributed by atoms with Crippen LogP contribution < -0.4 is 10.5 Å². The molecule has 9 heteroatoms. The number of hydrogen-bond acceptors (Lipinski definition) is 5. The van der Waals surface area contributed by atoms with Crippen LogP contribution >= 0.6 is 15.9 Å². The molecule has 0 atom stereocenters. The van der Waals surface area contributed by atoms with E-state index >= 15 is 0 Å². The van der Waals surface area contributed by atoms with Crippen LogP contribution in [0.1, 0.15) is 19.0 Å². The number of aromatic nitrogens is 3. The van der Waals surface area contributed by atoms with Crippen molar-refractivity contribution < 1.29 is 8.42 Å². The highest BCUT2D eigenvalue weighted by molar-refractivity contribution is 9.10. The van der Waals surface area contributed by atoms with Crippen LogP contribution in [0, 0.1) is 6.92 Å². The van der Waals surface area contributed by atoms with Crippen LogP contribution in [-0.4, -0.2) is 23.2 Å². The minimum absolute atomic E-state index is 0.0151. The van der Waals surface area contributed by atoms with E-state index in [9.17, 15) is 8.42 Å². The van der Waals surface area contributed by atoms with Gasteiger partial charge in [-0.25, -0.2) is 13.4 Å². The van der Waals surface area contributed by atoms with Gasteiger partial charge in [0.05, 0.1) is 11.4 Å². The number of rotatable bonds is 5. The summed E-state index contributed by atoms with van der Waals surface area (Å²) in [5.74, 6) is -0.0151. The van der Waals surface area contributed by atoms with Gasteiger partial charge in [-0.15, -0.1) is 0 Å². The molecule has 0 fully saturated rings. The number of nitrogens with two attached hydrogens (primary N) is 1. The second-order valence-corrected chi connectivity index (χ2v) is 6.98. The molecular weight excluding hydrogens is 358 g/mol. The standard InChI is InChI=1S/C12H16BrN5O2S/c1-3-6-18-7-10(12(14)16-18)21(19,20)17-9-4-5-11(13)15-8(9)2/h4-5,7,17H,3,6H2,1-2H3,(H2,14,16). The number of sulfonamides is 1. The first-order valence-corrected chi connectivity index (χ1v) is 8.60. The molecule has 0 aliphatic rings. The van der Waals surface area contributed by atoms with Crippen LogP contribution in [0.2, 0.25) is 0 Å². The van der Waals surface area contributed by atoms with Gasteiger partial charge in [0.25, 0.3) is 10.0 Å². The van der Waals surface area contributed by atoms with Crippen molar-refractivity contribution in [3.8, 4) is 0 Å². The van der Waals surface area contributed by atoms with Crippen molar-refractivity contribution in [1.29, 1.82) is 0 Å². The normalized spacial score (nSPS) is 11.6. The number of nitrogens with one attached hydrogen (secondary N) is 1. The topological polar surface area (TPSA) is 103 Å². The summed E-state index contributed by atoms with van der Waals surface area (Å²) in [5, 5.41) is 4.00. The van der Waals surface area contributed by atoms with Crippen molar-refractivity contribution in [3.05, 3.63) is 28.6 Å². The van der Waals surface area contributed by atoms with Crippen molar-refractivity contribution >= 4 is 37.5 Å². The molecule has 0 aromatic carbocycles. The van der Waals surface area contributed by atoms with Crippen LogP contribution in [0.3, 0.4) is 0 Å². The van der Waals surface area contributed by atoms with Crippen LogP contribution in [0.5, 0.6) is 0 Å². The number of halogens is 1. The molecule has 21 heavy (non-hydrogen) atoms. The summed E-state index contributed by atoms with van der Waals surface area (Å²) in [7, 11) is -3.79. The minimum atomic E-state index is -3.79. The maximum Gasteiger partial charge on any atom is 0.267 e. The highest BCUT2D eigenvalue weighted by atomic mass is 79.9. The van der Waals surface area contributed by atoms with Crippen LogP contribution in [0.15, 0.2) is 27.8 Å². The Morgan fingerprint density at radius 1 is 1.43 bits per heavy atom. The first-order chi connectivity index (χ1) is 9.83. The molecule has 0 unspecified atom stereocenters. The Bertz CT molecular complexity index is 757. The number of nitrogen functional groups attached to an aromatic ring is 1. The summed E-state index contributed by atoms with van der Waals surface area (Å²) in [6.45, 7) is 4.30. The van der Waals surface area contributed by atoms with E-state index in [-0.39, 0.29) is 10.7 Å². The Balaban J connectivity index is 2.34. The van der Waals surface area contributed by atoms with E-state index in [1.54, 1.807) is 19.1 Å². The molecule has 0 saturated heterocycles. The monoisotopic (exact) mass is 373 g/mol. The summed E-state index contributed by atoms with van der Waals surface area (Å²) in [4.78, 5) is 4.12. The number of nitrogens with zero attached hydrogens (tertiary/aromatic N) is 3. The molecule has 0 aliphatic carbocycles. The molecule has 0 spiro atoms. The second-order valence-electron chi connectivity index (χ2n) is 4.51. The van der Waals surface area contributed by atoms with Gasteiger partial charge in [0.2, 0.25) is 0 Å². The molecule has 0 bridgehead atoms. The van der Waals surface area contributed by atoms with E-state index in [1.807, 2.05) is 6.92 Å².